The van der Waals surface area contributed by atoms with Crippen molar-refractivity contribution >= 4 is 22.8 Å². The number of amidine groups is 1. The fraction of sp³-hybridized carbons (Fsp3) is 0.154. The van der Waals surface area contributed by atoms with Crippen LogP contribution in [0.15, 0.2) is 107 Å². The molecule has 0 saturated heterocycles. The molecule has 2 aliphatic rings. The lowest BCUT2D eigenvalue weighted by Gasteiger charge is -2.27. The normalized spacial score (nSPS) is 22.3. The van der Waals surface area contributed by atoms with Crippen LogP contribution in [0, 0.1) is 0 Å². The summed E-state index contributed by atoms with van der Waals surface area (Å²) in [5.74, 6) is 0.801. The standard InChI is InChI=1S/C26H23N3O/c30-26(21-12-6-2-7-13-21)19-22(18-24(26)20-10-4-1-5-11-20)27-25-16-17-29(28-25)23-14-8-3-9-15-23/h1-15,18,30H,16-17,19H2/t26-/m1/s1. The van der Waals surface area contributed by atoms with Gasteiger partial charge in [-0.2, -0.15) is 5.10 Å². The van der Waals surface area contributed by atoms with Gasteiger partial charge in [0.25, 0.3) is 0 Å². The number of rotatable bonds is 3. The number of para-hydroxylation sites is 1. The van der Waals surface area contributed by atoms with Gasteiger partial charge < -0.3 is 5.11 Å². The van der Waals surface area contributed by atoms with Gasteiger partial charge in [0.1, 0.15) is 5.60 Å². The van der Waals surface area contributed by atoms with Crippen LogP contribution in [-0.4, -0.2) is 23.2 Å². The zero-order chi connectivity index (χ0) is 20.4. The van der Waals surface area contributed by atoms with Crippen LogP contribution >= 0.6 is 0 Å². The van der Waals surface area contributed by atoms with Gasteiger partial charge in [-0.15, -0.1) is 0 Å². The van der Waals surface area contributed by atoms with E-state index in [0.717, 1.165) is 46.9 Å². The number of aliphatic hydroxyl groups is 1. The Bertz CT molecular complexity index is 1120. The van der Waals surface area contributed by atoms with E-state index in [0.29, 0.717) is 6.42 Å². The van der Waals surface area contributed by atoms with E-state index in [1.165, 1.54) is 0 Å². The van der Waals surface area contributed by atoms with Crippen molar-refractivity contribution in [3.8, 4) is 0 Å². The van der Waals surface area contributed by atoms with Crippen LogP contribution in [0.5, 0.6) is 0 Å². The number of allylic oxidation sites excluding steroid dienone is 1. The number of hydrogen-bond acceptors (Lipinski definition) is 4. The van der Waals surface area contributed by atoms with Gasteiger partial charge in [-0.3, -0.25) is 5.01 Å². The summed E-state index contributed by atoms with van der Waals surface area (Å²) in [7, 11) is 0. The van der Waals surface area contributed by atoms with E-state index in [9.17, 15) is 5.11 Å². The lowest BCUT2D eigenvalue weighted by atomic mass is 9.84. The minimum absolute atomic E-state index is 0.436. The Hall–Kier alpha value is -3.50. The molecule has 148 valence electrons. The summed E-state index contributed by atoms with van der Waals surface area (Å²) < 4.78 is 0. The second-order valence-corrected chi connectivity index (χ2v) is 7.66. The molecule has 0 spiro atoms. The Balaban J connectivity index is 1.50. The molecule has 0 fully saturated rings. The second-order valence-electron chi connectivity index (χ2n) is 7.66. The molecule has 1 atom stereocenters. The molecule has 0 unspecified atom stereocenters. The molecule has 4 heteroatoms. The van der Waals surface area contributed by atoms with Crippen molar-refractivity contribution in [2.75, 3.05) is 11.6 Å². The SMILES string of the molecule is O[C@@]1(c2ccccc2)CC(=NC2=NN(c3ccccc3)CC2)C=C1c1ccccc1. The lowest BCUT2D eigenvalue weighted by Crippen LogP contribution is -2.25. The van der Waals surface area contributed by atoms with Gasteiger partial charge in [0.15, 0.2) is 5.84 Å². The molecule has 1 heterocycles. The predicted molar refractivity (Wildman–Crippen MR) is 123 cm³/mol. The fourth-order valence-electron chi connectivity index (χ4n) is 4.15. The molecule has 5 rings (SSSR count). The monoisotopic (exact) mass is 393 g/mol. The van der Waals surface area contributed by atoms with Gasteiger partial charge in [0.2, 0.25) is 0 Å². The molecule has 4 nitrogen and oxygen atoms in total. The number of anilines is 1. The highest BCUT2D eigenvalue weighted by atomic mass is 16.3. The summed E-state index contributed by atoms with van der Waals surface area (Å²) in [6, 6.07) is 30.0. The Morgan fingerprint density at radius 2 is 1.47 bits per heavy atom. The van der Waals surface area contributed by atoms with Crippen molar-refractivity contribution in [1.29, 1.82) is 0 Å². The Labute approximate surface area is 176 Å². The molecular formula is C26H23N3O. The van der Waals surface area contributed by atoms with Gasteiger partial charge in [-0.05, 0) is 34.9 Å². The van der Waals surface area contributed by atoms with Crippen LogP contribution in [0.3, 0.4) is 0 Å². The summed E-state index contributed by atoms with van der Waals surface area (Å²) in [6.45, 7) is 0.814. The van der Waals surface area contributed by atoms with Crippen molar-refractivity contribution < 1.29 is 5.11 Å². The first kappa shape index (κ1) is 18.5. The number of nitrogens with zero attached hydrogens (tertiary/aromatic N) is 3. The fourth-order valence-corrected chi connectivity index (χ4v) is 4.15. The van der Waals surface area contributed by atoms with Crippen molar-refractivity contribution in [2.24, 2.45) is 10.1 Å². The third-order valence-electron chi connectivity index (χ3n) is 5.64. The van der Waals surface area contributed by atoms with Crippen molar-refractivity contribution in [2.45, 2.75) is 18.4 Å². The van der Waals surface area contributed by atoms with E-state index in [2.05, 4.69) is 12.1 Å². The van der Waals surface area contributed by atoms with Crippen LogP contribution in [0.4, 0.5) is 5.69 Å². The van der Waals surface area contributed by atoms with Gasteiger partial charge >= 0.3 is 0 Å². The van der Waals surface area contributed by atoms with Gasteiger partial charge in [-0.1, -0.05) is 78.9 Å². The maximum absolute atomic E-state index is 11.8. The van der Waals surface area contributed by atoms with Crippen LogP contribution in [0.25, 0.3) is 5.57 Å². The molecule has 1 aliphatic carbocycles. The van der Waals surface area contributed by atoms with Gasteiger partial charge in [-0.25, -0.2) is 4.99 Å². The van der Waals surface area contributed by atoms with Crippen LogP contribution in [0.2, 0.25) is 0 Å². The second kappa shape index (κ2) is 7.73. The van der Waals surface area contributed by atoms with Crippen LogP contribution in [0.1, 0.15) is 24.0 Å². The summed E-state index contributed by atoms with van der Waals surface area (Å²) in [6.07, 6.45) is 3.25. The molecule has 1 aliphatic heterocycles. The highest BCUT2D eigenvalue weighted by molar-refractivity contribution is 6.13. The first-order valence-corrected chi connectivity index (χ1v) is 10.3. The average Bonchev–Trinajstić information content (AvgIpc) is 3.41. The van der Waals surface area contributed by atoms with Gasteiger partial charge in [0, 0.05) is 25.1 Å². The first-order valence-electron chi connectivity index (χ1n) is 10.3. The Kier molecular flexibility index (Phi) is 4.77. The maximum atomic E-state index is 11.8. The van der Waals surface area contributed by atoms with Crippen molar-refractivity contribution in [3.05, 3.63) is 108 Å². The highest BCUT2D eigenvalue weighted by Gasteiger charge is 2.40. The summed E-state index contributed by atoms with van der Waals surface area (Å²) >= 11 is 0. The minimum Gasteiger partial charge on any atom is -0.380 e. The average molecular weight is 393 g/mol. The maximum Gasteiger partial charge on any atom is 0.150 e. The summed E-state index contributed by atoms with van der Waals surface area (Å²) in [4.78, 5) is 4.84. The third kappa shape index (κ3) is 3.46. The number of benzene rings is 3. The molecular weight excluding hydrogens is 370 g/mol. The molecule has 0 aromatic heterocycles. The van der Waals surface area contributed by atoms with E-state index < -0.39 is 5.60 Å². The Morgan fingerprint density at radius 3 is 2.17 bits per heavy atom. The minimum atomic E-state index is -1.10. The molecule has 0 saturated carbocycles. The number of hydrogen-bond donors (Lipinski definition) is 1. The quantitative estimate of drug-likeness (QED) is 0.679. The summed E-state index contributed by atoms with van der Waals surface area (Å²) in [5, 5.41) is 18.4. The Morgan fingerprint density at radius 1 is 0.833 bits per heavy atom. The summed E-state index contributed by atoms with van der Waals surface area (Å²) in [5.41, 5.74) is 3.60. The third-order valence-corrected chi connectivity index (χ3v) is 5.64. The smallest absolute Gasteiger partial charge is 0.150 e. The molecule has 3 aromatic rings. The largest absolute Gasteiger partial charge is 0.380 e. The van der Waals surface area contributed by atoms with E-state index >= 15 is 0 Å². The number of aliphatic imine (C=N–C) groups is 1. The van der Waals surface area contributed by atoms with Crippen molar-refractivity contribution in [1.82, 2.24) is 0 Å². The van der Waals surface area contributed by atoms with Crippen molar-refractivity contribution in [3.63, 3.8) is 0 Å². The zero-order valence-electron chi connectivity index (χ0n) is 16.6. The molecule has 0 amide bonds. The molecule has 3 aromatic carbocycles. The molecule has 30 heavy (non-hydrogen) atoms. The van der Waals surface area contributed by atoms with Crippen LogP contribution < -0.4 is 5.01 Å². The highest BCUT2D eigenvalue weighted by Crippen LogP contribution is 2.44. The topological polar surface area (TPSA) is 48.2 Å². The number of hydrazone groups is 1. The lowest BCUT2D eigenvalue weighted by molar-refractivity contribution is 0.113. The van der Waals surface area contributed by atoms with Gasteiger partial charge in [0.05, 0.1) is 5.69 Å². The molecule has 1 N–H and O–H groups in total. The van der Waals surface area contributed by atoms with E-state index in [1.54, 1.807) is 0 Å². The zero-order valence-corrected chi connectivity index (χ0v) is 16.6. The molecule has 0 bridgehead atoms. The molecule has 0 radical (unpaired) electrons. The predicted octanol–water partition coefficient (Wildman–Crippen LogP) is 5.03. The van der Waals surface area contributed by atoms with E-state index in [-0.39, 0.29) is 0 Å². The van der Waals surface area contributed by atoms with E-state index in [4.69, 9.17) is 10.1 Å². The first-order chi connectivity index (χ1) is 14.7. The van der Waals surface area contributed by atoms with Crippen LogP contribution in [-0.2, 0) is 5.60 Å². The van der Waals surface area contributed by atoms with E-state index in [1.807, 2.05) is 89.9 Å².